The average molecular weight is 673 g/mol. The number of ether oxygens (including phenoxy) is 1. The van der Waals surface area contributed by atoms with Crippen LogP contribution >= 0.6 is 0 Å². The predicted octanol–water partition coefficient (Wildman–Crippen LogP) is 6.63. The van der Waals surface area contributed by atoms with Gasteiger partial charge in [-0.15, -0.1) is 0 Å². The van der Waals surface area contributed by atoms with Crippen molar-refractivity contribution in [1.29, 1.82) is 0 Å². The van der Waals surface area contributed by atoms with Crippen molar-refractivity contribution in [3.63, 3.8) is 0 Å². The number of aryl methyl sites for hydroxylation is 2. The van der Waals surface area contributed by atoms with E-state index in [0.29, 0.717) is 29.7 Å². The molecule has 2 aromatic heterocycles. The minimum absolute atomic E-state index is 0.0789. The number of amides is 1. The largest absolute Gasteiger partial charge is 0.475 e. The molecule has 1 atom stereocenters. The molecule has 254 valence electrons. The lowest BCUT2D eigenvalue weighted by atomic mass is 9.85. The number of hydrogen-bond donors (Lipinski definition) is 1. The van der Waals surface area contributed by atoms with Gasteiger partial charge in [0, 0.05) is 30.8 Å². The molecule has 4 aromatic rings. The van der Waals surface area contributed by atoms with Crippen molar-refractivity contribution in [2.75, 3.05) is 29.8 Å². The van der Waals surface area contributed by atoms with Crippen LogP contribution in [0.5, 0.6) is 5.88 Å². The third kappa shape index (κ3) is 7.48. The van der Waals surface area contributed by atoms with Crippen molar-refractivity contribution in [2.24, 2.45) is 11.3 Å². The first-order valence-corrected chi connectivity index (χ1v) is 17.9. The Hall–Kier alpha value is -4.45. The Morgan fingerprint density at radius 1 is 1.02 bits per heavy atom. The van der Waals surface area contributed by atoms with Gasteiger partial charge in [-0.1, -0.05) is 51.5 Å². The van der Waals surface area contributed by atoms with E-state index in [1.165, 1.54) is 31.4 Å². The van der Waals surface area contributed by atoms with Gasteiger partial charge in [-0.2, -0.15) is 9.97 Å². The van der Waals surface area contributed by atoms with Gasteiger partial charge in [0.1, 0.15) is 18.6 Å². The van der Waals surface area contributed by atoms with Crippen LogP contribution in [0.1, 0.15) is 73.6 Å². The number of nitrogens with one attached hydrogen (secondary N) is 1. The van der Waals surface area contributed by atoms with Crippen LogP contribution in [0.15, 0.2) is 64.1 Å². The van der Waals surface area contributed by atoms with Gasteiger partial charge in [0.25, 0.3) is 21.9 Å². The third-order valence-electron chi connectivity index (χ3n) is 8.99. The highest BCUT2D eigenvalue weighted by Crippen LogP contribution is 2.32. The Balaban J connectivity index is 1.42. The first kappa shape index (κ1) is 33.5. The summed E-state index contributed by atoms with van der Waals surface area (Å²) in [5, 5.41) is 0. The highest BCUT2D eigenvalue weighted by atomic mass is 32.2. The molecule has 4 bridgehead atoms. The summed E-state index contributed by atoms with van der Waals surface area (Å²) >= 11 is 0. The number of carbonyl (C=O) groups is 1. The number of hydrogen-bond acceptors (Lipinski definition) is 9. The van der Waals surface area contributed by atoms with Crippen LogP contribution in [0.3, 0.4) is 0 Å². The van der Waals surface area contributed by atoms with E-state index < -0.39 is 16.1 Å². The van der Waals surface area contributed by atoms with Crippen LogP contribution < -0.4 is 14.4 Å². The molecule has 0 unspecified atom stereocenters. The average Bonchev–Trinajstić information content (AvgIpc) is 3.47. The first-order chi connectivity index (χ1) is 22.8. The van der Waals surface area contributed by atoms with Crippen LogP contribution in [0, 0.1) is 25.2 Å². The van der Waals surface area contributed by atoms with Crippen molar-refractivity contribution in [3.8, 4) is 17.1 Å². The number of rotatable bonds is 7. The smallest absolute Gasteiger partial charge is 0.297 e. The van der Waals surface area contributed by atoms with Crippen molar-refractivity contribution >= 4 is 27.9 Å². The van der Waals surface area contributed by atoms with E-state index in [1.807, 2.05) is 44.0 Å². The Bertz CT molecular complexity index is 1890. The molecule has 2 aliphatic rings. The molecular formula is C36H44N6O5S. The van der Waals surface area contributed by atoms with Gasteiger partial charge in [0.05, 0.1) is 23.2 Å². The molecular weight excluding hydrogens is 629 g/mol. The zero-order valence-electron chi connectivity index (χ0n) is 28.5. The van der Waals surface area contributed by atoms with Gasteiger partial charge in [0.2, 0.25) is 11.8 Å². The SMILES string of the molecule is Cc1cccc(C)c1-c1cc2nc(n1)NS(=O)(=O)c1cccc(c1)C(=O)N(Cc1coc(N(C)CC3CCC3)n1)[C@H](CC(C)(C)C)CO2. The van der Waals surface area contributed by atoms with Crippen LogP contribution in [0.2, 0.25) is 0 Å². The number of aromatic nitrogens is 3. The molecule has 1 N–H and O–H groups in total. The normalized spacial score (nSPS) is 18.1. The Labute approximate surface area is 282 Å². The summed E-state index contributed by atoms with van der Waals surface area (Å²) in [6.07, 6.45) is 5.85. The van der Waals surface area contributed by atoms with E-state index in [9.17, 15) is 13.2 Å². The number of anilines is 2. The summed E-state index contributed by atoms with van der Waals surface area (Å²) in [7, 11) is -2.20. The molecule has 1 saturated carbocycles. The lowest BCUT2D eigenvalue weighted by molar-refractivity contribution is 0.0509. The maximum atomic E-state index is 14.4. The minimum atomic E-state index is -4.17. The zero-order valence-corrected chi connectivity index (χ0v) is 29.3. The fraction of sp³-hybridized carbons (Fsp3) is 0.444. The van der Waals surface area contributed by atoms with Crippen molar-refractivity contribution in [1.82, 2.24) is 19.9 Å². The molecule has 0 saturated heterocycles. The van der Waals surface area contributed by atoms with Gasteiger partial charge < -0.3 is 19.0 Å². The molecule has 11 nitrogen and oxygen atoms in total. The second-order valence-corrected chi connectivity index (χ2v) is 16.0. The maximum Gasteiger partial charge on any atom is 0.297 e. The van der Waals surface area contributed by atoms with Crippen molar-refractivity contribution < 1.29 is 22.4 Å². The quantitative estimate of drug-likeness (QED) is 0.230. The molecule has 12 heteroatoms. The van der Waals surface area contributed by atoms with Crippen LogP contribution in [0.25, 0.3) is 11.3 Å². The Morgan fingerprint density at radius 2 is 1.75 bits per heavy atom. The van der Waals surface area contributed by atoms with Gasteiger partial charge in [-0.3, -0.25) is 4.79 Å². The monoisotopic (exact) mass is 672 g/mol. The molecule has 2 aromatic carbocycles. The fourth-order valence-corrected chi connectivity index (χ4v) is 7.40. The van der Waals surface area contributed by atoms with E-state index in [0.717, 1.165) is 23.2 Å². The van der Waals surface area contributed by atoms with E-state index >= 15 is 0 Å². The number of sulfonamides is 1. The highest BCUT2D eigenvalue weighted by molar-refractivity contribution is 7.92. The zero-order chi connectivity index (χ0) is 34.2. The Kier molecular flexibility index (Phi) is 9.21. The van der Waals surface area contributed by atoms with Crippen LogP contribution in [0.4, 0.5) is 12.0 Å². The summed E-state index contributed by atoms with van der Waals surface area (Å²) in [5.41, 5.74) is 3.98. The van der Waals surface area contributed by atoms with Gasteiger partial charge >= 0.3 is 0 Å². The van der Waals surface area contributed by atoms with Crippen molar-refractivity contribution in [3.05, 3.63) is 77.2 Å². The maximum absolute atomic E-state index is 14.4. The van der Waals surface area contributed by atoms with Gasteiger partial charge in [-0.25, -0.2) is 18.1 Å². The molecule has 1 aliphatic heterocycles. The number of nitrogens with zero attached hydrogens (tertiary/aromatic N) is 5. The molecule has 0 spiro atoms. The van der Waals surface area contributed by atoms with Crippen LogP contribution in [-0.2, 0) is 16.6 Å². The summed E-state index contributed by atoms with van der Waals surface area (Å²) in [5.74, 6) is 0.367. The lowest BCUT2D eigenvalue weighted by Crippen LogP contribution is -2.45. The molecule has 1 fully saturated rings. The summed E-state index contributed by atoms with van der Waals surface area (Å²) in [6.45, 7) is 11.4. The summed E-state index contributed by atoms with van der Waals surface area (Å²) in [6, 6.07) is 13.7. The number of fused-ring (bicyclic) bond motifs is 4. The lowest BCUT2D eigenvalue weighted by Gasteiger charge is -2.35. The molecule has 0 radical (unpaired) electrons. The van der Waals surface area contributed by atoms with E-state index in [1.54, 1.807) is 29.4 Å². The molecule has 1 aliphatic carbocycles. The topological polar surface area (TPSA) is 131 Å². The number of carbonyl (C=O) groups excluding carboxylic acids is 1. The second kappa shape index (κ2) is 13.2. The molecule has 3 heterocycles. The van der Waals surface area contributed by atoms with Crippen molar-refractivity contribution in [2.45, 2.75) is 77.8 Å². The standard InChI is InChI=1S/C36H44N6O5S/c1-23-10-7-11-24(2)32(23)30-17-31-39-34(38-30)40-48(44,45)29-15-9-14-26(16-29)33(43)42(28(22-46-31)18-36(3,4)5)20-27-21-47-35(37-27)41(6)19-25-12-8-13-25/h7,9-11,14-17,21,25,28H,8,12-13,18-20,22H2,1-6H3,(H,38,39,40)/t28-/m1/s1. The number of oxazole rings is 1. The minimum Gasteiger partial charge on any atom is -0.475 e. The molecule has 1 amide bonds. The van der Waals surface area contributed by atoms with E-state index in [2.05, 4.69) is 35.5 Å². The summed E-state index contributed by atoms with van der Waals surface area (Å²) < 4.78 is 42.1. The van der Waals surface area contributed by atoms with E-state index in [4.69, 9.17) is 14.1 Å². The predicted molar refractivity (Wildman–Crippen MR) is 185 cm³/mol. The third-order valence-corrected chi connectivity index (χ3v) is 10.3. The first-order valence-electron chi connectivity index (χ1n) is 16.4. The second-order valence-electron chi connectivity index (χ2n) is 14.3. The molecule has 6 rings (SSSR count). The summed E-state index contributed by atoms with van der Waals surface area (Å²) in [4.78, 5) is 31.9. The van der Waals surface area contributed by atoms with E-state index in [-0.39, 0.29) is 46.8 Å². The highest BCUT2D eigenvalue weighted by Gasteiger charge is 2.32. The molecule has 48 heavy (non-hydrogen) atoms. The van der Waals surface area contributed by atoms with Gasteiger partial charge in [-0.05, 0) is 73.8 Å². The van der Waals surface area contributed by atoms with Crippen LogP contribution in [-0.4, -0.2) is 60.4 Å². The Morgan fingerprint density at radius 3 is 2.44 bits per heavy atom. The van der Waals surface area contributed by atoms with Gasteiger partial charge in [0.15, 0.2) is 0 Å². The number of benzene rings is 2. The fourth-order valence-electron chi connectivity index (χ4n) is 6.41.